The van der Waals surface area contributed by atoms with Gasteiger partial charge in [-0.15, -0.1) is 0 Å². The minimum Gasteiger partial charge on any atom is -0.462 e. The third-order valence-corrected chi connectivity index (χ3v) is 4.85. The molecule has 0 unspecified atom stereocenters. The van der Waals surface area contributed by atoms with Crippen LogP contribution in [0.2, 0.25) is 5.02 Å². The minimum absolute atomic E-state index is 0.111. The number of hydrogen-bond donors (Lipinski definition) is 1. The number of nitrogens with one attached hydrogen (secondary N) is 1. The van der Waals surface area contributed by atoms with E-state index in [9.17, 15) is 13.2 Å². The maximum absolute atomic E-state index is 12.4. The molecule has 5 nitrogen and oxygen atoms in total. The Morgan fingerprint density at radius 3 is 2.43 bits per heavy atom. The molecule has 0 saturated carbocycles. The van der Waals surface area contributed by atoms with E-state index in [1.54, 1.807) is 26.0 Å². The van der Waals surface area contributed by atoms with Gasteiger partial charge in [-0.1, -0.05) is 17.7 Å². The molecule has 2 aromatic carbocycles. The summed E-state index contributed by atoms with van der Waals surface area (Å²) in [5.41, 5.74) is 1.29. The number of carbonyl (C=O) groups excluding carboxylic acids is 1. The standard InChI is InChI=1S/C16H16ClNO4S/c1-3-22-16(19)12-5-8-14(9-6-12)18-23(20,21)15-10-13(17)7-4-11(15)2/h4-10,18H,3H2,1-2H3. The maximum atomic E-state index is 12.4. The first-order valence-corrected chi connectivity index (χ1v) is 8.76. The van der Waals surface area contributed by atoms with Crippen LogP contribution in [0, 0.1) is 6.92 Å². The van der Waals surface area contributed by atoms with Gasteiger partial charge in [-0.2, -0.15) is 0 Å². The van der Waals surface area contributed by atoms with E-state index in [1.807, 2.05) is 0 Å². The summed E-state index contributed by atoms with van der Waals surface area (Å²) in [5, 5.41) is 0.341. The Labute approximate surface area is 140 Å². The lowest BCUT2D eigenvalue weighted by atomic mass is 10.2. The van der Waals surface area contributed by atoms with E-state index in [0.717, 1.165) is 0 Å². The van der Waals surface area contributed by atoms with E-state index in [0.29, 0.717) is 21.8 Å². The van der Waals surface area contributed by atoms with Crippen molar-refractivity contribution < 1.29 is 17.9 Å². The van der Waals surface area contributed by atoms with Crippen molar-refractivity contribution in [2.45, 2.75) is 18.7 Å². The Morgan fingerprint density at radius 2 is 1.83 bits per heavy atom. The average Bonchev–Trinajstić information content (AvgIpc) is 2.50. The average molecular weight is 354 g/mol. The second-order valence-corrected chi connectivity index (χ2v) is 6.90. The molecule has 0 amide bonds. The van der Waals surface area contributed by atoms with Crippen molar-refractivity contribution in [2.75, 3.05) is 11.3 Å². The zero-order valence-corrected chi connectivity index (χ0v) is 14.2. The van der Waals surface area contributed by atoms with Crippen LogP contribution in [0.1, 0.15) is 22.8 Å². The summed E-state index contributed by atoms with van der Waals surface area (Å²) in [5.74, 6) is -0.451. The molecule has 0 aromatic heterocycles. The van der Waals surface area contributed by atoms with Gasteiger partial charge >= 0.3 is 5.97 Å². The third-order valence-electron chi connectivity index (χ3n) is 3.09. The number of halogens is 1. The third kappa shape index (κ3) is 4.24. The second kappa shape index (κ2) is 7.02. The van der Waals surface area contributed by atoms with Gasteiger partial charge in [0.25, 0.3) is 10.0 Å². The summed E-state index contributed by atoms with van der Waals surface area (Å²) in [7, 11) is -3.76. The normalized spacial score (nSPS) is 11.1. The summed E-state index contributed by atoms with van der Waals surface area (Å²) in [6, 6.07) is 10.7. The first-order chi connectivity index (χ1) is 10.8. The quantitative estimate of drug-likeness (QED) is 0.833. The van der Waals surface area contributed by atoms with E-state index in [-0.39, 0.29) is 11.5 Å². The molecule has 7 heteroatoms. The lowest BCUT2D eigenvalue weighted by molar-refractivity contribution is 0.0526. The Hall–Kier alpha value is -2.05. The van der Waals surface area contributed by atoms with Crippen molar-refractivity contribution in [3.05, 3.63) is 58.6 Å². The lowest BCUT2D eigenvalue weighted by Crippen LogP contribution is -2.14. The molecule has 122 valence electrons. The van der Waals surface area contributed by atoms with Crippen LogP contribution < -0.4 is 4.72 Å². The second-order valence-electron chi connectivity index (χ2n) is 4.81. The van der Waals surface area contributed by atoms with E-state index in [4.69, 9.17) is 16.3 Å². The maximum Gasteiger partial charge on any atom is 0.338 e. The summed E-state index contributed by atoms with van der Waals surface area (Å²) in [6.45, 7) is 3.68. The molecule has 2 rings (SSSR count). The van der Waals surface area contributed by atoms with Crippen LogP contribution in [0.4, 0.5) is 5.69 Å². The topological polar surface area (TPSA) is 72.5 Å². The summed E-state index contributed by atoms with van der Waals surface area (Å²) >= 11 is 5.87. The first kappa shape index (κ1) is 17.3. The molecular formula is C16H16ClNO4S. The molecule has 0 heterocycles. The van der Waals surface area contributed by atoms with Crippen LogP contribution in [0.3, 0.4) is 0 Å². The zero-order valence-electron chi connectivity index (χ0n) is 12.7. The van der Waals surface area contributed by atoms with Crippen molar-refractivity contribution in [1.82, 2.24) is 0 Å². The molecule has 0 aliphatic carbocycles. The number of ether oxygens (including phenoxy) is 1. The zero-order chi connectivity index (χ0) is 17.0. The molecule has 0 bridgehead atoms. The van der Waals surface area contributed by atoms with Gasteiger partial charge in [0.15, 0.2) is 0 Å². The van der Waals surface area contributed by atoms with Crippen LogP contribution >= 0.6 is 11.6 Å². The molecule has 0 saturated heterocycles. The highest BCUT2D eigenvalue weighted by atomic mass is 35.5. The van der Waals surface area contributed by atoms with Crippen molar-refractivity contribution in [3.8, 4) is 0 Å². The Bertz CT molecular complexity index is 816. The van der Waals surface area contributed by atoms with Crippen molar-refractivity contribution in [2.24, 2.45) is 0 Å². The molecule has 0 spiro atoms. The molecule has 0 aliphatic rings. The first-order valence-electron chi connectivity index (χ1n) is 6.89. The van der Waals surface area contributed by atoms with Crippen LogP contribution in [-0.2, 0) is 14.8 Å². The highest BCUT2D eigenvalue weighted by Gasteiger charge is 2.17. The van der Waals surface area contributed by atoms with Crippen LogP contribution in [0.25, 0.3) is 0 Å². The molecule has 1 N–H and O–H groups in total. The molecule has 23 heavy (non-hydrogen) atoms. The van der Waals surface area contributed by atoms with Crippen molar-refractivity contribution in [1.29, 1.82) is 0 Å². The SMILES string of the molecule is CCOC(=O)c1ccc(NS(=O)(=O)c2cc(Cl)ccc2C)cc1. The monoisotopic (exact) mass is 353 g/mol. The van der Waals surface area contributed by atoms with Gasteiger partial charge < -0.3 is 4.74 Å². The summed E-state index contributed by atoms with van der Waals surface area (Å²) < 4.78 is 32.2. The lowest BCUT2D eigenvalue weighted by Gasteiger charge is -2.11. The predicted octanol–water partition coefficient (Wildman–Crippen LogP) is 3.63. The Morgan fingerprint density at radius 1 is 1.17 bits per heavy atom. The van der Waals surface area contributed by atoms with Gasteiger partial charge in [0, 0.05) is 10.7 Å². The predicted molar refractivity (Wildman–Crippen MR) is 89.4 cm³/mol. The molecule has 0 aliphatic heterocycles. The molecule has 2 aromatic rings. The van der Waals surface area contributed by atoms with Gasteiger partial charge in [-0.25, -0.2) is 13.2 Å². The smallest absolute Gasteiger partial charge is 0.338 e. The Balaban J connectivity index is 2.24. The highest BCUT2D eigenvalue weighted by Crippen LogP contribution is 2.23. The van der Waals surface area contributed by atoms with Gasteiger partial charge in [0.05, 0.1) is 17.1 Å². The van der Waals surface area contributed by atoms with E-state index in [2.05, 4.69) is 4.72 Å². The van der Waals surface area contributed by atoms with Crippen molar-refractivity contribution in [3.63, 3.8) is 0 Å². The fraction of sp³-hybridized carbons (Fsp3) is 0.188. The van der Waals surface area contributed by atoms with Gasteiger partial charge in [-0.05, 0) is 55.8 Å². The number of carbonyl (C=O) groups is 1. The number of esters is 1. The number of anilines is 1. The fourth-order valence-electron chi connectivity index (χ4n) is 1.96. The largest absolute Gasteiger partial charge is 0.462 e. The highest BCUT2D eigenvalue weighted by molar-refractivity contribution is 7.92. The number of hydrogen-bond acceptors (Lipinski definition) is 4. The van der Waals surface area contributed by atoms with Crippen molar-refractivity contribution >= 4 is 33.3 Å². The molecule has 0 radical (unpaired) electrons. The Kier molecular flexibility index (Phi) is 5.28. The minimum atomic E-state index is -3.76. The van der Waals surface area contributed by atoms with Crippen LogP contribution in [-0.4, -0.2) is 21.0 Å². The van der Waals surface area contributed by atoms with Crippen LogP contribution in [0.5, 0.6) is 0 Å². The van der Waals surface area contributed by atoms with Gasteiger partial charge in [0.1, 0.15) is 0 Å². The number of benzene rings is 2. The molecule has 0 atom stereocenters. The molecular weight excluding hydrogens is 338 g/mol. The summed E-state index contributed by atoms with van der Waals surface area (Å²) in [4.78, 5) is 11.7. The number of rotatable bonds is 5. The van der Waals surface area contributed by atoms with Gasteiger partial charge in [0.2, 0.25) is 0 Å². The van der Waals surface area contributed by atoms with Gasteiger partial charge in [-0.3, -0.25) is 4.72 Å². The van der Waals surface area contributed by atoms with Crippen LogP contribution in [0.15, 0.2) is 47.4 Å². The van der Waals surface area contributed by atoms with E-state index >= 15 is 0 Å². The van der Waals surface area contributed by atoms with E-state index < -0.39 is 16.0 Å². The number of aryl methyl sites for hydroxylation is 1. The number of sulfonamides is 1. The fourth-order valence-corrected chi connectivity index (χ4v) is 3.53. The molecule has 0 fully saturated rings. The van der Waals surface area contributed by atoms with E-state index in [1.165, 1.54) is 30.3 Å². The summed E-state index contributed by atoms with van der Waals surface area (Å²) in [6.07, 6.45) is 0.